The molecular weight excluding hydrogens is 364 g/mol. The number of sulfonamides is 1. The van der Waals surface area contributed by atoms with E-state index < -0.39 is 10.0 Å². The maximum Gasteiger partial charge on any atom is 0.247 e. The number of rotatable bonds is 4. The molecule has 4 rings (SSSR count). The summed E-state index contributed by atoms with van der Waals surface area (Å²) < 4.78 is 38.8. The lowest BCUT2D eigenvalue weighted by Gasteiger charge is -2.27. The molecule has 0 aliphatic carbocycles. The van der Waals surface area contributed by atoms with Crippen LogP contribution in [0.3, 0.4) is 0 Å². The van der Waals surface area contributed by atoms with Crippen LogP contribution in [-0.2, 0) is 23.0 Å². The SMILES string of the molecule is COc1ccc2[nH]c3c(c2c1)CN(S(=O)(=O)c1cc(C)ccc1OC)CC3. The van der Waals surface area contributed by atoms with Crippen LogP contribution in [0, 0.1) is 6.92 Å². The zero-order valence-electron chi connectivity index (χ0n) is 15.6. The Balaban J connectivity index is 1.77. The van der Waals surface area contributed by atoms with Gasteiger partial charge in [-0.15, -0.1) is 0 Å². The lowest BCUT2D eigenvalue weighted by atomic mass is 10.1. The zero-order chi connectivity index (χ0) is 19.2. The van der Waals surface area contributed by atoms with Crippen LogP contribution < -0.4 is 9.47 Å². The molecule has 0 bridgehead atoms. The molecule has 2 heterocycles. The summed E-state index contributed by atoms with van der Waals surface area (Å²) in [6.07, 6.45) is 0.639. The molecule has 7 heteroatoms. The second-order valence-electron chi connectivity index (χ2n) is 6.74. The van der Waals surface area contributed by atoms with Crippen molar-refractivity contribution in [3.05, 3.63) is 53.2 Å². The fourth-order valence-corrected chi connectivity index (χ4v) is 5.27. The largest absolute Gasteiger partial charge is 0.497 e. The highest BCUT2D eigenvalue weighted by atomic mass is 32.2. The van der Waals surface area contributed by atoms with Gasteiger partial charge in [0.2, 0.25) is 10.0 Å². The van der Waals surface area contributed by atoms with Crippen LogP contribution in [0.4, 0.5) is 0 Å². The lowest BCUT2D eigenvalue weighted by molar-refractivity contribution is 0.377. The van der Waals surface area contributed by atoms with E-state index in [1.807, 2.05) is 31.2 Å². The number of aromatic nitrogens is 1. The monoisotopic (exact) mass is 386 g/mol. The van der Waals surface area contributed by atoms with Crippen LogP contribution in [0.1, 0.15) is 16.8 Å². The Kier molecular flexibility index (Phi) is 4.36. The summed E-state index contributed by atoms with van der Waals surface area (Å²) in [5, 5.41) is 1.00. The molecule has 27 heavy (non-hydrogen) atoms. The van der Waals surface area contributed by atoms with E-state index in [0.717, 1.165) is 33.5 Å². The van der Waals surface area contributed by atoms with Crippen molar-refractivity contribution >= 4 is 20.9 Å². The summed E-state index contributed by atoms with van der Waals surface area (Å²) in [5.41, 5.74) is 3.96. The van der Waals surface area contributed by atoms with Crippen molar-refractivity contribution in [1.29, 1.82) is 0 Å². The van der Waals surface area contributed by atoms with Crippen molar-refractivity contribution < 1.29 is 17.9 Å². The predicted molar refractivity (Wildman–Crippen MR) is 104 cm³/mol. The van der Waals surface area contributed by atoms with Gasteiger partial charge in [0.1, 0.15) is 16.4 Å². The molecule has 0 amide bonds. The lowest BCUT2D eigenvalue weighted by Crippen LogP contribution is -2.36. The topological polar surface area (TPSA) is 71.6 Å². The summed E-state index contributed by atoms with van der Waals surface area (Å²) in [5.74, 6) is 1.12. The van der Waals surface area contributed by atoms with Gasteiger partial charge >= 0.3 is 0 Å². The van der Waals surface area contributed by atoms with E-state index in [-0.39, 0.29) is 4.90 Å². The first kappa shape index (κ1) is 17.9. The van der Waals surface area contributed by atoms with E-state index in [1.165, 1.54) is 11.4 Å². The number of hydrogen-bond acceptors (Lipinski definition) is 4. The summed E-state index contributed by atoms with van der Waals surface area (Å²) >= 11 is 0. The van der Waals surface area contributed by atoms with Gasteiger partial charge in [0.15, 0.2) is 0 Å². The van der Waals surface area contributed by atoms with Gasteiger partial charge in [-0.1, -0.05) is 6.07 Å². The van der Waals surface area contributed by atoms with Crippen LogP contribution in [0.15, 0.2) is 41.3 Å². The number of nitrogens with one attached hydrogen (secondary N) is 1. The first-order valence-electron chi connectivity index (χ1n) is 8.76. The van der Waals surface area contributed by atoms with Gasteiger partial charge in [-0.2, -0.15) is 4.31 Å². The molecule has 1 N–H and O–H groups in total. The van der Waals surface area contributed by atoms with Crippen molar-refractivity contribution in [3.63, 3.8) is 0 Å². The van der Waals surface area contributed by atoms with Gasteiger partial charge in [0.25, 0.3) is 0 Å². The molecule has 0 saturated carbocycles. The van der Waals surface area contributed by atoms with E-state index >= 15 is 0 Å². The number of aryl methyl sites for hydroxylation is 1. The van der Waals surface area contributed by atoms with Crippen LogP contribution in [0.25, 0.3) is 10.9 Å². The van der Waals surface area contributed by atoms with E-state index in [9.17, 15) is 8.42 Å². The Morgan fingerprint density at radius 1 is 1.07 bits per heavy atom. The van der Waals surface area contributed by atoms with Crippen molar-refractivity contribution in [3.8, 4) is 11.5 Å². The minimum Gasteiger partial charge on any atom is -0.497 e. The second-order valence-corrected chi connectivity index (χ2v) is 8.64. The second kappa shape index (κ2) is 6.58. The van der Waals surface area contributed by atoms with Crippen LogP contribution in [0.2, 0.25) is 0 Å². The number of fused-ring (bicyclic) bond motifs is 3. The molecule has 0 fully saturated rings. The van der Waals surface area contributed by atoms with Gasteiger partial charge < -0.3 is 14.5 Å². The Morgan fingerprint density at radius 3 is 2.63 bits per heavy atom. The summed E-state index contributed by atoms with van der Waals surface area (Å²) in [6, 6.07) is 11.0. The van der Waals surface area contributed by atoms with Gasteiger partial charge in [0, 0.05) is 36.1 Å². The first-order chi connectivity index (χ1) is 12.9. The molecule has 142 valence electrons. The smallest absolute Gasteiger partial charge is 0.247 e. The molecular formula is C20H22N2O4S. The van der Waals surface area contributed by atoms with Gasteiger partial charge in [-0.3, -0.25) is 0 Å². The number of benzene rings is 2. The molecule has 0 saturated heterocycles. The summed E-state index contributed by atoms with van der Waals surface area (Å²) in [4.78, 5) is 3.62. The number of ether oxygens (including phenoxy) is 2. The van der Waals surface area contributed by atoms with Crippen LogP contribution >= 0.6 is 0 Å². The normalized spacial score (nSPS) is 14.9. The van der Waals surface area contributed by atoms with E-state index in [1.54, 1.807) is 19.2 Å². The fraction of sp³-hybridized carbons (Fsp3) is 0.300. The van der Waals surface area contributed by atoms with Gasteiger partial charge in [-0.25, -0.2) is 8.42 Å². The molecule has 3 aromatic rings. The van der Waals surface area contributed by atoms with E-state index in [4.69, 9.17) is 9.47 Å². The highest BCUT2D eigenvalue weighted by molar-refractivity contribution is 7.89. The third kappa shape index (κ3) is 2.96. The predicted octanol–water partition coefficient (Wildman–Crippen LogP) is 3.24. The summed E-state index contributed by atoms with van der Waals surface area (Å²) in [6.45, 7) is 2.62. The number of aromatic amines is 1. The molecule has 0 unspecified atom stereocenters. The van der Waals surface area contributed by atoms with Gasteiger partial charge in [0.05, 0.1) is 14.2 Å². The number of methoxy groups -OCH3 is 2. The third-order valence-electron chi connectivity index (χ3n) is 5.08. The number of nitrogens with zero attached hydrogens (tertiary/aromatic N) is 1. The Hall–Kier alpha value is -2.51. The standard InChI is InChI=1S/C20H22N2O4S/c1-13-4-7-19(26-3)20(10-13)27(23,24)22-9-8-18-16(12-22)15-11-14(25-2)5-6-17(15)21-18/h4-7,10-11,21H,8-9,12H2,1-3H3. The minimum absolute atomic E-state index is 0.214. The molecule has 2 aromatic carbocycles. The van der Waals surface area contributed by atoms with E-state index in [0.29, 0.717) is 25.3 Å². The van der Waals surface area contributed by atoms with Crippen LogP contribution in [-0.4, -0.2) is 38.5 Å². The van der Waals surface area contributed by atoms with Crippen molar-refractivity contribution in [2.24, 2.45) is 0 Å². The first-order valence-corrected chi connectivity index (χ1v) is 10.2. The highest BCUT2D eigenvalue weighted by Gasteiger charge is 2.32. The average Bonchev–Trinajstić information content (AvgIpc) is 3.04. The maximum absolute atomic E-state index is 13.3. The zero-order valence-corrected chi connectivity index (χ0v) is 16.4. The fourth-order valence-electron chi connectivity index (χ4n) is 3.63. The minimum atomic E-state index is -3.67. The maximum atomic E-state index is 13.3. The molecule has 0 spiro atoms. The van der Waals surface area contributed by atoms with Crippen molar-refractivity contribution in [2.75, 3.05) is 20.8 Å². The molecule has 1 aliphatic rings. The van der Waals surface area contributed by atoms with Gasteiger partial charge in [-0.05, 0) is 48.4 Å². The van der Waals surface area contributed by atoms with Crippen molar-refractivity contribution in [2.45, 2.75) is 24.8 Å². The molecule has 1 aromatic heterocycles. The van der Waals surface area contributed by atoms with Crippen molar-refractivity contribution in [1.82, 2.24) is 9.29 Å². The Morgan fingerprint density at radius 2 is 1.89 bits per heavy atom. The number of hydrogen-bond donors (Lipinski definition) is 1. The molecule has 1 aliphatic heterocycles. The number of H-pyrrole nitrogens is 1. The summed E-state index contributed by atoms with van der Waals surface area (Å²) in [7, 11) is -0.553. The third-order valence-corrected chi connectivity index (χ3v) is 6.95. The molecule has 0 radical (unpaired) electrons. The average molecular weight is 386 g/mol. The Bertz CT molecular complexity index is 1120. The Labute approximate surface area is 158 Å². The molecule has 0 atom stereocenters. The highest BCUT2D eigenvalue weighted by Crippen LogP contribution is 2.34. The molecule has 6 nitrogen and oxygen atoms in total. The van der Waals surface area contributed by atoms with E-state index in [2.05, 4.69) is 4.98 Å². The van der Waals surface area contributed by atoms with Crippen LogP contribution in [0.5, 0.6) is 11.5 Å². The quantitative estimate of drug-likeness (QED) is 0.747.